The number of halogens is 1. The van der Waals surface area contributed by atoms with Gasteiger partial charge in [-0.2, -0.15) is 0 Å². The number of rotatable bonds is 4. The number of benzene rings is 1. The van der Waals surface area contributed by atoms with Crippen LogP contribution in [-0.2, 0) is 9.59 Å². The van der Waals surface area contributed by atoms with E-state index in [4.69, 9.17) is 0 Å². The number of carbonyl (C=O) groups excluding carboxylic acids is 2. The fourth-order valence-electron chi connectivity index (χ4n) is 1.69. The maximum atomic E-state index is 11.9. The molecule has 0 aliphatic heterocycles. The van der Waals surface area contributed by atoms with Crippen LogP contribution >= 0.6 is 15.9 Å². The number of hydrogen-bond donors (Lipinski definition) is 1. The van der Waals surface area contributed by atoms with Gasteiger partial charge in [-0.25, -0.2) is 0 Å². The first-order chi connectivity index (χ1) is 8.81. The van der Waals surface area contributed by atoms with Crippen molar-refractivity contribution in [3.63, 3.8) is 0 Å². The molecular weight excluding hydrogens is 308 g/mol. The Morgan fingerprint density at radius 2 is 2.00 bits per heavy atom. The van der Waals surface area contributed by atoms with Gasteiger partial charge in [0.15, 0.2) is 0 Å². The fourth-order valence-corrected chi connectivity index (χ4v) is 2.17. The summed E-state index contributed by atoms with van der Waals surface area (Å²) < 4.78 is 0.968. The van der Waals surface area contributed by atoms with Crippen LogP contribution in [0.1, 0.15) is 19.4 Å². The van der Waals surface area contributed by atoms with E-state index in [1.54, 1.807) is 7.05 Å². The molecule has 0 unspecified atom stereocenters. The summed E-state index contributed by atoms with van der Waals surface area (Å²) in [5.74, 6) is -0.336. The van der Waals surface area contributed by atoms with Crippen LogP contribution in [0.3, 0.4) is 0 Å². The van der Waals surface area contributed by atoms with Crippen molar-refractivity contribution in [1.82, 2.24) is 4.90 Å². The third-order valence-electron chi connectivity index (χ3n) is 2.71. The Hall–Kier alpha value is -1.36. The van der Waals surface area contributed by atoms with Crippen LogP contribution in [-0.4, -0.2) is 30.3 Å². The van der Waals surface area contributed by atoms with Gasteiger partial charge in [0.1, 0.15) is 0 Å². The Balaban J connectivity index is 2.63. The SMILES string of the molecule is Cc1cc(Br)ccc1NC(=O)CN(C)C(=O)C(C)C. The highest BCUT2D eigenvalue weighted by atomic mass is 79.9. The van der Waals surface area contributed by atoms with Gasteiger partial charge in [-0.15, -0.1) is 0 Å². The Labute approximate surface area is 122 Å². The molecule has 1 rings (SSSR count). The molecule has 4 nitrogen and oxygen atoms in total. The van der Waals surface area contributed by atoms with Crippen LogP contribution in [0.15, 0.2) is 22.7 Å². The number of nitrogens with zero attached hydrogens (tertiary/aromatic N) is 1. The summed E-state index contributed by atoms with van der Waals surface area (Å²) in [5.41, 5.74) is 1.74. The first-order valence-corrected chi connectivity index (χ1v) is 6.91. The van der Waals surface area contributed by atoms with E-state index in [2.05, 4.69) is 21.2 Å². The third-order valence-corrected chi connectivity index (χ3v) is 3.21. The number of nitrogens with one attached hydrogen (secondary N) is 1. The Kier molecular flexibility index (Phi) is 5.54. The standard InChI is InChI=1S/C14H19BrN2O2/c1-9(2)14(19)17(4)8-13(18)16-12-6-5-11(15)7-10(12)3/h5-7,9H,8H2,1-4H3,(H,16,18). The van der Waals surface area contributed by atoms with E-state index in [-0.39, 0.29) is 24.3 Å². The van der Waals surface area contributed by atoms with Crippen molar-refractivity contribution in [2.24, 2.45) is 5.92 Å². The molecular formula is C14H19BrN2O2. The number of aryl methyl sites for hydroxylation is 1. The summed E-state index contributed by atoms with van der Waals surface area (Å²) in [7, 11) is 1.64. The molecule has 0 fully saturated rings. The van der Waals surface area contributed by atoms with Crippen molar-refractivity contribution >= 4 is 33.4 Å². The number of carbonyl (C=O) groups is 2. The molecule has 0 spiro atoms. The normalized spacial score (nSPS) is 10.4. The lowest BCUT2D eigenvalue weighted by atomic mass is 10.2. The second kappa shape index (κ2) is 6.70. The molecule has 0 saturated carbocycles. The van der Waals surface area contributed by atoms with Crippen LogP contribution in [0.2, 0.25) is 0 Å². The quantitative estimate of drug-likeness (QED) is 0.924. The van der Waals surface area contributed by atoms with Crippen LogP contribution in [0.25, 0.3) is 0 Å². The second-order valence-corrected chi connectivity index (χ2v) is 5.77. The molecule has 5 heteroatoms. The smallest absolute Gasteiger partial charge is 0.243 e. The molecule has 0 atom stereocenters. The summed E-state index contributed by atoms with van der Waals surface area (Å²) in [4.78, 5) is 25.0. The van der Waals surface area contributed by atoms with Crippen molar-refractivity contribution in [2.45, 2.75) is 20.8 Å². The summed E-state index contributed by atoms with van der Waals surface area (Å²) >= 11 is 3.37. The van der Waals surface area contributed by atoms with E-state index < -0.39 is 0 Å². The number of amides is 2. The molecule has 0 radical (unpaired) electrons. The highest BCUT2D eigenvalue weighted by Gasteiger charge is 2.16. The lowest BCUT2D eigenvalue weighted by Gasteiger charge is -2.19. The molecule has 1 N–H and O–H groups in total. The lowest BCUT2D eigenvalue weighted by molar-refractivity contribution is -0.136. The minimum absolute atomic E-state index is 0.0392. The monoisotopic (exact) mass is 326 g/mol. The zero-order valence-corrected chi connectivity index (χ0v) is 13.2. The largest absolute Gasteiger partial charge is 0.336 e. The average Bonchev–Trinajstić information content (AvgIpc) is 2.31. The molecule has 2 amide bonds. The van der Waals surface area contributed by atoms with E-state index in [1.807, 2.05) is 39.0 Å². The van der Waals surface area contributed by atoms with Crippen LogP contribution in [0, 0.1) is 12.8 Å². The molecule has 0 saturated heterocycles. The van der Waals surface area contributed by atoms with Crippen molar-refractivity contribution in [1.29, 1.82) is 0 Å². The summed E-state index contributed by atoms with van der Waals surface area (Å²) in [5, 5.41) is 2.81. The van der Waals surface area contributed by atoms with Gasteiger partial charge in [-0.1, -0.05) is 29.8 Å². The second-order valence-electron chi connectivity index (χ2n) is 4.86. The summed E-state index contributed by atoms with van der Waals surface area (Å²) in [6.45, 7) is 5.61. The summed E-state index contributed by atoms with van der Waals surface area (Å²) in [6.07, 6.45) is 0. The lowest BCUT2D eigenvalue weighted by Crippen LogP contribution is -2.37. The van der Waals surface area contributed by atoms with E-state index in [0.29, 0.717) is 0 Å². The minimum Gasteiger partial charge on any atom is -0.336 e. The topological polar surface area (TPSA) is 49.4 Å². The first kappa shape index (κ1) is 15.7. The molecule has 1 aromatic carbocycles. The molecule has 104 valence electrons. The van der Waals surface area contributed by atoms with Crippen molar-refractivity contribution < 1.29 is 9.59 Å². The van der Waals surface area contributed by atoms with Gasteiger partial charge in [0, 0.05) is 23.1 Å². The summed E-state index contributed by atoms with van der Waals surface area (Å²) in [6, 6.07) is 5.63. The van der Waals surface area contributed by atoms with Gasteiger partial charge in [-0.3, -0.25) is 9.59 Å². The predicted octanol–water partition coefficient (Wildman–Crippen LogP) is 2.81. The number of anilines is 1. The average molecular weight is 327 g/mol. The van der Waals surface area contributed by atoms with E-state index in [1.165, 1.54) is 4.90 Å². The van der Waals surface area contributed by atoms with Crippen LogP contribution < -0.4 is 5.32 Å². The fraction of sp³-hybridized carbons (Fsp3) is 0.429. The maximum absolute atomic E-state index is 11.9. The molecule has 0 aliphatic carbocycles. The van der Waals surface area contributed by atoms with Crippen molar-refractivity contribution in [3.8, 4) is 0 Å². The van der Waals surface area contributed by atoms with Gasteiger partial charge in [0.2, 0.25) is 11.8 Å². The minimum atomic E-state index is -0.193. The zero-order chi connectivity index (χ0) is 14.6. The Bertz CT molecular complexity index is 486. The van der Waals surface area contributed by atoms with Crippen LogP contribution in [0.4, 0.5) is 5.69 Å². The zero-order valence-electron chi connectivity index (χ0n) is 11.7. The van der Waals surface area contributed by atoms with Crippen LogP contribution in [0.5, 0.6) is 0 Å². The van der Waals surface area contributed by atoms with Gasteiger partial charge in [0.25, 0.3) is 0 Å². The van der Waals surface area contributed by atoms with E-state index in [9.17, 15) is 9.59 Å². The molecule has 0 aliphatic rings. The Morgan fingerprint density at radius 3 is 2.53 bits per heavy atom. The van der Waals surface area contributed by atoms with Gasteiger partial charge in [-0.05, 0) is 30.7 Å². The predicted molar refractivity (Wildman–Crippen MR) is 80.0 cm³/mol. The van der Waals surface area contributed by atoms with E-state index >= 15 is 0 Å². The number of likely N-dealkylation sites (N-methyl/N-ethyl adjacent to an activating group) is 1. The van der Waals surface area contributed by atoms with Gasteiger partial charge in [0.05, 0.1) is 6.54 Å². The highest BCUT2D eigenvalue weighted by Crippen LogP contribution is 2.19. The molecule has 0 bridgehead atoms. The first-order valence-electron chi connectivity index (χ1n) is 6.12. The van der Waals surface area contributed by atoms with Gasteiger partial charge < -0.3 is 10.2 Å². The number of hydrogen-bond acceptors (Lipinski definition) is 2. The molecule has 0 aromatic heterocycles. The van der Waals surface area contributed by atoms with Gasteiger partial charge >= 0.3 is 0 Å². The molecule has 19 heavy (non-hydrogen) atoms. The maximum Gasteiger partial charge on any atom is 0.243 e. The third kappa shape index (κ3) is 4.67. The highest BCUT2D eigenvalue weighted by molar-refractivity contribution is 9.10. The van der Waals surface area contributed by atoms with E-state index in [0.717, 1.165) is 15.7 Å². The molecule has 0 heterocycles. The molecule has 1 aromatic rings. The van der Waals surface area contributed by atoms with Crippen molar-refractivity contribution in [2.75, 3.05) is 18.9 Å². The van der Waals surface area contributed by atoms with Crippen molar-refractivity contribution in [3.05, 3.63) is 28.2 Å². The Morgan fingerprint density at radius 1 is 1.37 bits per heavy atom.